The first-order valence-electron chi connectivity index (χ1n) is 8.18. The summed E-state index contributed by atoms with van der Waals surface area (Å²) in [6, 6.07) is 9.16. The van der Waals surface area contributed by atoms with Crippen LogP contribution < -0.4 is 10.0 Å². The van der Waals surface area contributed by atoms with E-state index in [1.165, 1.54) is 30.3 Å². The fourth-order valence-electron chi connectivity index (χ4n) is 2.58. The Bertz CT molecular complexity index is 1080. The molecule has 1 amide bonds. The Morgan fingerprint density at radius 2 is 2.00 bits per heavy atom. The summed E-state index contributed by atoms with van der Waals surface area (Å²) in [5.41, 5.74) is 0.0187. The number of nitro benzene ring substituents is 1. The molecule has 2 aromatic carbocycles. The smallest absolute Gasteiger partial charge is 0.270 e. The van der Waals surface area contributed by atoms with E-state index in [9.17, 15) is 23.3 Å². The minimum atomic E-state index is -3.82. The topological polar surface area (TPSA) is 131 Å². The van der Waals surface area contributed by atoms with E-state index in [1.807, 2.05) is 0 Å². The Balaban J connectivity index is 1.79. The van der Waals surface area contributed by atoms with Gasteiger partial charge in [-0.2, -0.15) is 0 Å². The van der Waals surface area contributed by atoms with Gasteiger partial charge in [0.15, 0.2) is 0 Å². The highest BCUT2D eigenvalue weighted by Crippen LogP contribution is 2.24. The predicted octanol–water partition coefficient (Wildman–Crippen LogP) is 2.97. The number of amides is 1. The molecule has 1 heterocycles. The molecule has 9 nitrogen and oxygen atoms in total. The van der Waals surface area contributed by atoms with Crippen molar-refractivity contribution in [2.45, 2.75) is 17.7 Å². The lowest BCUT2D eigenvalue weighted by molar-refractivity contribution is -0.384. The minimum absolute atomic E-state index is 0.0268. The second-order valence-corrected chi connectivity index (χ2v) is 8.03. The molecular weight excluding hydrogens is 408 g/mol. The van der Waals surface area contributed by atoms with Crippen molar-refractivity contribution in [2.24, 2.45) is 4.99 Å². The van der Waals surface area contributed by atoms with Crippen LogP contribution in [-0.2, 0) is 10.0 Å². The van der Waals surface area contributed by atoms with Crippen molar-refractivity contribution in [3.8, 4) is 0 Å². The first-order chi connectivity index (χ1) is 13.3. The van der Waals surface area contributed by atoms with Gasteiger partial charge in [-0.25, -0.2) is 8.42 Å². The Morgan fingerprint density at radius 1 is 1.21 bits per heavy atom. The van der Waals surface area contributed by atoms with Gasteiger partial charge >= 0.3 is 0 Å². The Kier molecular flexibility index (Phi) is 5.61. The van der Waals surface area contributed by atoms with Crippen LogP contribution in [0.5, 0.6) is 0 Å². The van der Waals surface area contributed by atoms with E-state index >= 15 is 0 Å². The third kappa shape index (κ3) is 4.46. The third-order valence-corrected chi connectivity index (χ3v) is 5.63. The predicted molar refractivity (Wildman–Crippen MR) is 104 cm³/mol. The van der Waals surface area contributed by atoms with Gasteiger partial charge in [0.25, 0.3) is 21.6 Å². The molecule has 0 spiro atoms. The summed E-state index contributed by atoms with van der Waals surface area (Å²) in [7, 11) is -3.82. The number of nitro groups is 1. The van der Waals surface area contributed by atoms with Gasteiger partial charge in [0.1, 0.15) is 5.84 Å². The van der Waals surface area contributed by atoms with E-state index in [-0.39, 0.29) is 26.9 Å². The van der Waals surface area contributed by atoms with Gasteiger partial charge in [-0.05, 0) is 30.7 Å². The normalized spacial score (nSPS) is 13.7. The molecule has 11 heteroatoms. The average Bonchev–Trinajstić information content (AvgIpc) is 3.14. The zero-order valence-corrected chi connectivity index (χ0v) is 16.0. The number of hydrogen-bond acceptors (Lipinski definition) is 6. The standard InChI is InChI=1S/C17H15ClN4O5S/c18-15-10-12(22(24)25)6-7-14(15)17(23)20-11-3-1-4-13(9-11)28(26,27)21-16-5-2-8-19-16/h1,3-4,6-7,9-10H,2,5,8H2,(H,19,21)(H,20,23). The molecule has 2 aromatic rings. The van der Waals surface area contributed by atoms with Crippen molar-refractivity contribution in [3.63, 3.8) is 0 Å². The van der Waals surface area contributed by atoms with E-state index < -0.39 is 20.9 Å². The number of hydrogen-bond donors (Lipinski definition) is 2. The number of benzene rings is 2. The lowest BCUT2D eigenvalue weighted by Gasteiger charge is -2.10. The van der Waals surface area contributed by atoms with Crippen LogP contribution in [0.2, 0.25) is 5.02 Å². The molecule has 0 bridgehead atoms. The Labute approximate surface area is 165 Å². The molecule has 28 heavy (non-hydrogen) atoms. The number of amidine groups is 1. The Morgan fingerprint density at radius 3 is 2.64 bits per heavy atom. The van der Waals surface area contributed by atoms with E-state index in [0.29, 0.717) is 18.8 Å². The van der Waals surface area contributed by atoms with Crippen LogP contribution in [0, 0.1) is 10.1 Å². The molecule has 0 fully saturated rings. The maximum absolute atomic E-state index is 12.5. The largest absolute Gasteiger partial charge is 0.322 e. The van der Waals surface area contributed by atoms with Gasteiger partial charge < -0.3 is 5.32 Å². The number of carbonyl (C=O) groups is 1. The summed E-state index contributed by atoms with van der Waals surface area (Å²) in [6.07, 6.45) is 1.36. The maximum Gasteiger partial charge on any atom is 0.270 e. The van der Waals surface area contributed by atoms with Crippen LogP contribution in [0.15, 0.2) is 52.4 Å². The van der Waals surface area contributed by atoms with Gasteiger partial charge in [0.05, 0.1) is 20.4 Å². The number of carbonyl (C=O) groups excluding carboxylic acids is 1. The van der Waals surface area contributed by atoms with Crippen LogP contribution in [0.1, 0.15) is 23.2 Å². The van der Waals surface area contributed by atoms with Crippen molar-refractivity contribution >= 4 is 44.7 Å². The number of anilines is 1. The van der Waals surface area contributed by atoms with Crippen molar-refractivity contribution in [1.29, 1.82) is 0 Å². The third-order valence-electron chi connectivity index (χ3n) is 3.94. The fourth-order valence-corrected chi connectivity index (χ4v) is 3.97. The summed E-state index contributed by atoms with van der Waals surface area (Å²) in [5.74, 6) is -0.213. The fraction of sp³-hybridized carbons (Fsp3) is 0.176. The quantitative estimate of drug-likeness (QED) is 0.564. The van der Waals surface area contributed by atoms with Crippen LogP contribution in [0.4, 0.5) is 11.4 Å². The summed E-state index contributed by atoms with van der Waals surface area (Å²) in [5, 5.41) is 13.2. The van der Waals surface area contributed by atoms with Crippen LogP contribution >= 0.6 is 11.6 Å². The van der Waals surface area contributed by atoms with Crippen molar-refractivity contribution in [3.05, 3.63) is 63.2 Å². The number of halogens is 1. The maximum atomic E-state index is 12.5. The molecule has 0 atom stereocenters. The van der Waals surface area contributed by atoms with Gasteiger partial charge in [-0.1, -0.05) is 17.7 Å². The first kappa shape index (κ1) is 19.8. The van der Waals surface area contributed by atoms with Gasteiger partial charge in [-0.15, -0.1) is 0 Å². The average molecular weight is 423 g/mol. The second-order valence-electron chi connectivity index (χ2n) is 5.94. The molecule has 0 saturated carbocycles. The van der Waals surface area contributed by atoms with E-state index in [1.54, 1.807) is 0 Å². The Hall–Kier alpha value is -2.98. The molecule has 0 saturated heterocycles. The number of non-ortho nitro benzene ring substituents is 1. The number of sulfonamides is 1. The highest BCUT2D eigenvalue weighted by atomic mass is 35.5. The zero-order valence-electron chi connectivity index (χ0n) is 14.4. The summed E-state index contributed by atoms with van der Waals surface area (Å²) >= 11 is 5.95. The van der Waals surface area contributed by atoms with Gasteiger partial charge in [-0.3, -0.25) is 24.6 Å². The summed E-state index contributed by atoms with van der Waals surface area (Å²) < 4.78 is 27.4. The van der Waals surface area contributed by atoms with Gasteiger partial charge in [0, 0.05) is 30.8 Å². The minimum Gasteiger partial charge on any atom is -0.322 e. The molecule has 0 aromatic heterocycles. The van der Waals surface area contributed by atoms with E-state index in [4.69, 9.17) is 11.6 Å². The highest BCUT2D eigenvalue weighted by Gasteiger charge is 2.20. The first-order valence-corrected chi connectivity index (χ1v) is 10.0. The number of rotatable bonds is 5. The molecule has 2 N–H and O–H groups in total. The molecule has 1 aliphatic rings. The van der Waals surface area contributed by atoms with Crippen LogP contribution in [0.25, 0.3) is 0 Å². The van der Waals surface area contributed by atoms with E-state index in [2.05, 4.69) is 15.0 Å². The molecule has 146 valence electrons. The van der Waals surface area contributed by atoms with E-state index in [0.717, 1.165) is 18.6 Å². The number of nitrogens with one attached hydrogen (secondary N) is 2. The van der Waals surface area contributed by atoms with Crippen molar-refractivity contribution in [2.75, 3.05) is 11.9 Å². The molecule has 0 radical (unpaired) electrons. The van der Waals surface area contributed by atoms with Crippen LogP contribution in [-0.4, -0.2) is 31.6 Å². The lowest BCUT2D eigenvalue weighted by Crippen LogP contribution is -2.29. The molecular formula is C17H15ClN4O5S. The lowest BCUT2D eigenvalue weighted by atomic mass is 10.2. The van der Waals surface area contributed by atoms with Crippen molar-refractivity contribution in [1.82, 2.24) is 4.72 Å². The highest BCUT2D eigenvalue weighted by molar-refractivity contribution is 7.90. The molecule has 0 unspecified atom stereocenters. The van der Waals surface area contributed by atoms with Gasteiger partial charge in [0.2, 0.25) is 0 Å². The molecule has 0 aliphatic carbocycles. The molecule has 1 aliphatic heterocycles. The zero-order chi connectivity index (χ0) is 20.3. The SMILES string of the molecule is O=C(Nc1cccc(S(=O)(=O)NC2=NCCC2)c1)c1ccc([N+](=O)[O-])cc1Cl. The second kappa shape index (κ2) is 7.95. The van der Waals surface area contributed by atoms with Crippen molar-refractivity contribution < 1.29 is 18.1 Å². The number of aliphatic imine (C=N–C) groups is 1. The summed E-state index contributed by atoms with van der Waals surface area (Å²) in [6.45, 7) is 0.587. The monoisotopic (exact) mass is 422 g/mol. The molecule has 3 rings (SSSR count). The summed E-state index contributed by atoms with van der Waals surface area (Å²) in [4.78, 5) is 26.6. The number of nitrogens with zero attached hydrogens (tertiary/aromatic N) is 2. The van der Waals surface area contributed by atoms with Crippen LogP contribution in [0.3, 0.4) is 0 Å².